The summed E-state index contributed by atoms with van der Waals surface area (Å²) in [5, 5.41) is 0. The highest BCUT2D eigenvalue weighted by Crippen LogP contribution is 2.44. The smallest absolute Gasteiger partial charge is 0.462 e. The van der Waals surface area contributed by atoms with E-state index in [1.165, 1.54) is 255 Å². The van der Waals surface area contributed by atoms with Crippen molar-refractivity contribution in [2.45, 2.75) is 386 Å². The van der Waals surface area contributed by atoms with Gasteiger partial charge in [-0.15, -0.1) is 0 Å². The summed E-state index contributed by atoms with van der Waals surface area (Å²) in [7, 11) is 7.02. The summed E-state index contributed by atoms with van der Waals surface area (Å²) in [5.41, 5.74) is 0. The van der Waals surface area contributed by atoms with Gasteiger partial charge in [-0.25, -0.2) is 9.13 Å². The highest BCUT2D eigenvalue weighted by atomic mass is 33.1. The first-order valence-corrected chi connectivity index (χ1v) is 47.3. The quantitative estimate of drug-likeness (QED) is 0.0144. The number of phosphoric acid groups is 2. The molecule has 2 unspecified atom stereocenters. The van der Waals surface area contributed by atoms with Gasteiger partial charge in [0.25, 0.3) is 0 Å². The van der Waals surface area contributed by atoms with E-state index in [0.29, 0.717) is 34.9 Å². The van der Waals surface area contributed by atoms with E-state index in [1.807, 2.05) is 42.3 Å². The van der Waals surface area contributed by atoms with Crippen molar-refractivity contribution in [3.63, 3.8) is 0 Å². The lowest BCUT2D eigenvalue weighted by atomic mass is 10.0. The van der Waals surface area contributed by atoms with Crippen molar-refractivity contribution in [2.24, 2.45) is 0 Å². The van der Waals surface area contributed by atoms with Crippen LogP contribution < -0.4 is 0 Å². The number of unbranched alkanes of at least 4 members (excludes halogenated alkanes) is 48. The van der Waals surface area contributed by atoms with Crippen molar-refractivity contribution in [3.8, 4) is 0 Å². The number of quaternary nitrogens is 2. The van der Waals surface area contributed by atoms with Gasteiger partial charge in [-0.2, -0.15) is 0 Å². The van der Waals surface area contributed by atoms with Gasteiger partial charge < -0.3 is 37.7 Å². The molecule has 0 saturated heterocycles. The lowest BCUT2D eigenvalue weighted by Gasteiger charge is -2.24. The fourth-order valence-electron chi connectivity index (χ4n) is 12.0. The van der Waals surface area contributed by atoms with E-state index in [4.69, 9.17) is 37.0 Å². The Bertz CT molecular complexity index is 1880. The number of esters is 4. The average molecular weight is 1530 g/mol. The van der Waals surface area contributed by atoms with Crippen LogP contribution in [-0.2, 0) is 65.4 Å². The highest BCUT2D eigenvalue weighted by molar-refractivity contribution is 8.76. The molecule has 2 N–H and O–H groups in total. The molecule has 0 aromatic carbocycles. The molecule has 0 saturated carbocycles. The molecular formula is C80H160N2O16P2S2+2. The zero-order valence-electron chi connectivity index (χ0n) is 67.0. The zero-order chi connectivity index (χ0) is 75.2. The predicted octanol–water partition coefficient (Wildman–Crippen LogP) is 22.8. The predicted molar refractivity (Wildman–Crippen MR) is 426 cm³/mol. The standard InChI is InChI=1S/C80H158N2O16P2S2/c1-9-11-13-15-17-19-21-25-33-39-45-51-57-63-79(85)97-75(73-95-99(87,88)93-67-65-81(3,4)5)71-91-77(83)61-55-49-43-37-31-27-23-29-35-41-47-53-59-69-101-102-70-60-54-48-42-36-30-24-28-32-38-44-50-56-62-78(84)92-72-76(74-96-100(89,90)94-68-66-82(6,7)8)98-80(86)64-58-52-46-40-34-26-22-20-18-16-14-12-10-2/h75-76H,9-74H2,1-8H3/p+2/t75-,76-/m1/s1. The van der Waals surface area contributed by atoms with Crippen molar-refractivity contribution in [2.75, 3.05) is 107 Å². The second-order valence-electron chi connectivity index (χ2n) is 31.1. The summed E-state index contributed by atoms with van der Waals surface area (Å²) in [5.74, 6) is 0.892. The molecule has 0 aromatic heterocycles. The van der Waals surface area contributed by atoms with Gasteiger partial charge in [-0.1, -0.05) is 331 Å². The number of hydrogen-bond donors (Lipinski definition) is 2. The molecular weight excluding hydrogens is 1370 g/mol. The number of carbonyl (C=O) groups is 4. The molecule has 0 bridgehead atoms. The highest BCUT2D eigenvalue weighted by Gasteiger charge is 2.29. The molecule has 0 aliphatic rings. The van der Waals surface area contributed by atoms with E-state index in [9.17, 15) is 38.1 Å². The first kappa shape index (κ1) is 101. The first-order chi connectivity index (χ1) is 49.1. The van der Waals surface area contributed by atoms with Crippen LogP contribution in [0.5, 0.6) is 0 Å². The largest absolute Gasteiger partial charge is 0.472 e. The van der Waals surface area contributed by atoms with Crippen LogP contribution in [0.3, 0.4) is 0 Å². The molecule has 0 aliphatic heterocycles. The fraction of sp³-hybridized carbons (Fsp3) is 0.950. The summed E-state index contributed by atoms with van der Waals surface area (Å²) in [6.45, 7) is 4.25. The van der Waals surface area contributed by atoms with Crippen LogP contribution in [-0.4, -0.2) is 161 Å². The van der Waals surface area contributed by atoms with Crippen LogP contribution in [0.1, 0.15) is 373 Å². The van der Waals surface area contributed by atoms with Gasteiger partial charge in [0, 0.05) is 37.2 Å². The summed E-state index contributed by atoms with van der Waals surface area (Å²) < 4.78 is 69.2. The molecule has 0 heterocycles. The second-order valence-corrected chi connectivity index (χ2v) is 36.7. The van der Waals surface area contributed by atoms with Gasteiger partial charge in [0.15, 0.2) is 12.2 Å². The average Bonchev–Trinajstić information content (AvgIpc) is 0.921. The van der Waals surface area contributed by atoms with Crippen LogP contribution in [0.25, 0.3) is 0 Å². The van der Waals surface area contributed by atoms with Crippen LogP contribution >= 0.6 is 37.2 Å². The Morgan fingerprint density at radius 2 is 0.500 bits per heavy atom. The van der Waals surface area contributed by atoms with E-state index < -0.39 is 53.0 Å². The maximum absolute atomic E-state index is 12.8. The Morgan fingerprint density at radius 3 is 0.725 bits per heavy atom. The molecule has 18 nitrogen and oxygen atoms in total. The number of likely N-dealkylation sites (N-methyl/N-ethyl adjacent to an activating group) is 2. The number of rotatable bonds is 81. The minimum Gasteiger partial charge on any atom is -0.462 e. The van der Waals surface area contributed by atoms with Crippen molar-refractivity contribution in [1.29, 1.82) is 0 Å². The third-order valence-electron chi connectivity index (χ3n) is 18.6. The van der Waals surface area contributed by atoms with Crippen LogP contribution in [0.15, 0.2) is 0 Å². The van der Waals surface area contributed by atoms with E-state index in [2.05, 4.69) is 35.4 Å². The van der Waals surface area contributed by atoms with Crippen LogP contribution in [0, 0.1) is 0 Å². The van der Waals surface area contributed by atoms with Gasteiger partial charge in [-0.3, -0.25) is 37.3 Å². The third kappa shape index (κ3) is 78.3. The summed E-state index contributed by atoms with van der Waals surface area (Å²) in [6.07, 6.45) is 61.7. The second kappa shape index (κ2) is 71.3. The minimum atomic E-state index is -4.40. The maximum Gasteiger partial charge on any atom is 0.472 e. The molecule has 4 atom stereocenters. The van der Waals surface area contributed by atoms with Crippen molar-refractivity contribution in [1.82, 2.24) is 0 Å². The summed E-state index contributed by atoms with van der Waals surface area (Å²) in [6, 6.07) is 0. The fourth-order valence-corrected chi connectivity index (χ4v) is 15.7. The zero-order valence-corrected chi connectivity index (χ0v) is 70.5. The van der Waals surface area contributed by atoms with E-state index >= 15 is 0 Å². The van der Waals surface area contributed by atoms with Crippen LogP contribution in [0.4, 0.5) is 0 Å². The summed E-state index contributed by atoms with van der Waals surface area (Å²) in [4.78, 5) is 71.5. The Kier molecular flexibility index (Phi) is 70.4. The molecule has 0 aliphatic carbocycles. The molecule has 22 heteroatoms. The van der Waals surface area contributed by atoms with Gasteiger partial charge in [0.2, 0.25) is 0 Å². The van der Waals surface area contributed by atoms with Crippen LogP contribution in [0.2, 0.25) is 0 Å². The molecule has 0 radical (unpaired) electrons. The normalized spacial score (nSPS) is 13.8. The topological polar surface area (TPSA) is 217 Å². The first-order valence-electron chi connectivity index (χ1n) is 41.9. The van der Waals surface area contributed by atoms with E-state index in [0.717, 1.165) is 77.0 Å². The minimum absolute atomic E-state index is 0.0227. The van der Waals surface area contributed by atoms with E-state index in [-0.39, 0.29) is 64.0 Å². The molecule has 0 aromatic rings. The molecule has 0 fully saturated rings. The van der Waals surface area contributed by atoms with E-state index in [1.54, 1.807) is 0 Å². The third-order valence-corrected chi connectivity index (χ3v) is 23.2. The van der Waals surface area contributed by atoms with Crippen molar-refractivity contribution < 1.29 is 84.1 Å². The van der Waals surface area contributed by atoms with Gasteiger partial charge in [-0.05, 0) is 38.5 Å². The Hall–Kier alpha value is -1.28. The van der Waals surface area contributed by atoms with Gasteiger partial charge in [0.1, 0.15) is 39.5 Å². The number of nitrogens with zero attached hydrogens (tertiary/aromatic N) is 2. The SMILES string of the molecule is CCCCCCCCCCCCCCCC(=O)O[C@H](COC(=O)CCCCCCCCCCCCCCCSSCCCCCCCCCCCCCCCC(=O)OC[C@H](COP(=O)(O)OCC[N+](C)(C)C)OC(=O)CCCCCCCCCCCCCCC)COP(=O)(O)OCC[N+](C)(C)C. The van der Waals surface area contributed by atoms with Crippen molar-refractivity contribution >= 4 is 61.1 Å². The van der Waals surface area contributed by atoms with Gasteiger partial charge in [0.05, 0.1) is 55.5 Å². The van der Waals surface area contributed by atoms with Crippen molar-refractivity contribution in [3.05, 3.63) is 0 Å². The number of hydrogen-bond acceptors (Lipinski definition) is 16. The number of ether oxygens (including phenoxy) is 4. The molecule has 102 heavy (non-hydrogen) atoms. The lowest BCUT2D eigenvalue weighted by molar-refractivity contribution is -0.870. The molecule has 0 rings (SSSR count). The van der Waals surface area contributed by atoms with Gasteiger partial charge >= 0.3 is 39.5 Å². The monoisotopic (exact) mass is 1530 g/mol. The molecule has 0 amide bonds. The Balaban J connectivity index is 4.00. The number of phosphoric ester groups is 2. The lowest BCUT2D eigenvalue weighted by Crippen LogP contribution is -2.37. The Labute approximate surface area is 633 Å². The Morgan fingerprint density at radius 1 is 0.294 bits per heavy atom. The summed E-state index contributed by atoms with van der Waals surface area (Å²) >= 11 is 0. The molecule has 606 valence electrons. The molecule has 0 spiro atoms. The number of carbonyl (C=O) groups excluding carboxylic acids is 4. The maximum atomic E-state index is 12.8.